The van der Waals surface area contributed by atoms with Gasteiger partial charge in [-0.1, -0.05) is 19.8 Å². The summed E-state index contributed by atoms with van der Waals surface area (Å²) in [5.74, 6) is 0. The summed E-state index contributed by atoms with van der Waals surface area (Å²) in [5, 5.41) is 3.42. The third-order valence-electron chi connectivity index (χ3n) is 2.20. The Kier molecular flexibility index (Phi) is 5.53. The zero-order chi connectivity index (χ0) is 10.2. The molecule has 0 fully saturated rings. The fourth-order valence-electron chi connectivity index (χ4n) is 1.32. The van der Waals surface area contributed by atoms with E-state index in [4.69, 9.17) is 0 Å². The van der Waals surface area contributed by atoms with Gasteiger partial charge in [-0.2, -0.15) is 0 Å². The molecule has 1 N–H and O–H groups in total. The molecular weight excluding hydrogens is 190 g/mol. The summed E-state index contributed by atoms with van der Waals surface area (Å²) < 4.78 is 0. The van der Waals surface area contributed by atoms with Crippen LogP contribution in [0.25, 0.3) is 0 Å². The Labute approximate surface area is 91.3 Å². The highest BCUT2D eigenvalue weighted by Gasteiger charge is 1.92. The van der Waals surface area contributed by atoms with Gasteiger partial charge in [0.15, 0.2) is 0 Å². The van der Waals surface area contributed by atoms with Crippen molar-refractivity contribution in [3.8, 4) is 0 Å². The summed E-state index contributed by atoms with van der Waals surface area (Å²) in [7, 11) is 0. The molecule has 78 valence electrons. The van der Waals surface area contributed by atoms with E-state index in [1.54, 1.807) is 11.8 Å². The second-order valence-electron chi connectivity index (χ2n) is 3.36. The van der Waals surface area contributed by atoms with Gasteiger partial charge in [0.05, 0.1) is 0 Å². The third kappa shape index (κ3) is 4.05. The number of anilines is 1. The highest BCUT2D eigenvalue weighted by Crippen LogP contribution is 2.17. The molecule has 0 saturated carbocycles. The van der Waals surface area contributed by atoms with Crippen molar-refractivity contribution in [2.24, 2.45) is 0 Å². The van der Waals surface area contributed by atoms with Gasteiger partial charge in [0, 0.05) is 17.1 Å². The minimum absolute atomic E-state index is 1.09. The molecule has 0 unspecified atom stereocenters. The van der Waals surface area contributed by atoms with E-state index in [0.29, 0.717) is 0 Å². The number of benzene rings is 1. The van der Waals surface area contributed by atoms with Gasteiger partial charge in [0.1, 0.15) is 0 Å². The smallest absolute Gasteiger partial charge is 0.0340 e. The molecule has 2 heteroatoms. The standard InChI is InChI=1S/C12H19NS/c1-3-4-5-10-13-11-6-8-12(14-2)9-7-11/h6-9,13H,3-5,10H2,1-2H3. The Morgan fingerprint density at radius 3 is 2.43 bits per heavy atom. The van der Waals surface area contributed by atoms with Gasteiger partial charge in [0.25, 0.3) is 0 Å². The molecule has 1 rings (SSSR count). The van der Waals surface area contributed by atoms with Crippen LogP contribution in [0.4, 0.5) is 5.69 Å². The van der Waals surface area contributed by atoms with Gasteiger partial charge >= 0.3 is 0 Å². The van der Waals surface area contributed by atoms with E-state index in [2.05, 4.69) is 42.8 Å². The van der Waals surface area contributed by atoms with Gasteiger partial charge in [-0.3, -0.25) is 0 Å². The molecule has 0 amide bonds. The first-order valence-electron chi connectivity index (χ1n) is 5.24. The summed E-state index contributed by atoms with van der Waals surface area (Å²) in [6.07, 6.45) is 5.97. The molecule has 0 spiro atoms. The Bertz CT molecular complexity index is 243. The van der Waals surface area contributed by atoms with E-state index >= 15 is 0 Å². The Hall–Kier alpha value is -0.630. The molecule has 0 heterocycles. The first-order chi connectivity index (χ1) is 6.86. The fraction of sp³-hybridized carbons (Fsp3) is 0.500. The fourth-order valence-corrected chi connectivity index (χ4v) is 1.72. The van der Waals surface area contributed by atoms with E-state index < -0.39 is 0 Å². The molecule has 1 aromatic carbocycles. The van der Waals surface area contributed by atoms with Crippen molar-refractivity contribution in [3.63, 3.8) is 0 Å². The molecule has 0 aliphatic rings. The molecule has 0 saturated heterocycles. The number of rotatable bonds is 6. The topological polar surface area (TPSA) is 12.0 Å². The maximum Gasteiger partial charge on any atom is 0.0340 e. The van der Waals surface area contributed by atoms with Crippen molar-refractivity contribution >= 4 is 17.4 Å². The lowest BCUT2D eigenvalue weighted by molar-refractivity contribution is 0.744. The van der Waals surface area contributed by atoms with Crippen LogP contribution < -0.4 is 5.32 Å². The summed E-state index contributed by atoms with van der Waals surface area (Å²) in [6, 6.07) is 8.62. The van der Waals surface area contributed by atoms with Crippen LogP contribution in [-0.2, 0) is 0 Å². The van der Waals surface area contributed by atoms with Crippen molar-refractivity contribution in [2.75, 3.05) is 18.1 Å². The van der Waals surface area contributed by atoms with Gasteiger partial charge in [-0.05, 0) is 36.9 Å². The van der Waals surface area contributed by atoms with Crippen molar-refractivity contribution in [3.05, 3.63) is 24.3 Å². The molecule has 0 radical (unpaired) electrons. The zero-order valence-electron chi connectivity index (χ0n) is 9.05. The van der Waals surface area contributed by atoms with Gasteiger partial charge in [-0.15, -0.1) is 11.8 Å². The molecular formula is C12H19NS. The molecule has 14 heavy (non-hydrogen) atoms. The van der Waals surface area contributed by atoms with Crippen LogP contribution in [0.5, 0.6) is 0 Å². The maximum atomic E-state index is 3.42. The van der Waals surface area contributed by atoms with Crippen LogP contribution in [0.15, 0.2) is 29.2 Å². The average Bonchev–Trinajstić information content (AvgIpc) is 2.25. The largest absolute Gasteiger partial charge is 0.385 e. The first-order valence-corrected chi connectivity index (χ1v) is 6.47. The van der Waals surface area contributed by atoms with Crippen LogP contribution in [0, 0.1) is 0 Å². The number of unbranched alkanes of at least 4 members (excludes halogenated alkanes) is 2. The lowest BCUT2D eigenvalue weighted by Gasteiger charge is -2.06. The predicted octanol–water partition coefficient (Wildman–Crippen LogP) is 4.01. The second kappa shape index (κ2) is 6.77. The van der Waals surface area contributed by atoms with Crippen molar-refractivity contribution in [2.45, 2.75) is 31.1 Å². The monoisotopic (exact) mass is 209 g/mol. The molecule has 0 aliphatic carbocycles. The molecule has 1 nitrogen and oxygen atoms in total. The minimum Gasteiger partial charge on any atom is -0.385 e. The van der Waals surface area contributed by atoms with E-state index in [-0.39, 0.29) is 0 Å². The van der Waals surface area contributed by atoms with Crippen LogP contribution in [0.2, 0.25) is 0 Å². The SMILES string of the molecule is CCCCCNc1ccc(SC)cc1. The van der Waals surface area contributed by atoms with Crippen molar-refractivity contribution in [1.29, 1.82) is 0 Å². The number of hydrogen-bond acceptors (Lipinski definition) is 2. The summed E-state index contributed by atoms with van der Waals surface area (Å²) in [5.41, 5.74) is 1.24. The number of thioether (sulfide) groups is 1. The molecule has 0 bridgehead atoms. The Morgan fingerprint density at radius 2 is 1.86 bits per heavy atom. The lowest BCUT2D eigenvalue weighted by atomic mass is 10.2. The van der Waals surface area contributed by atoms with Gasteiger partial charge in [0.2, 0.25) is 0 Å². The predicted molar refractivity (Wildman–Crippen MR) is 66.2 cm³/mol. The van der Waals surface area contributed by atoms with Crippen LogP contribution >= 0.6 is 11.8 Å². The van der Waals surface area contributed by atoms with E-state index in [1.165, 1.54) is 29.8 Å². The minimum atomic E-state index is 1.09. The van der Waals surface area contributed by atoms with Crippen LogP contribution in [0.3, 0.4) is 0 Å². The zero-order valence-corrected chi connectivity index (χ0v) is 9.86. The summed E-state index contributed by atoms with van der Waals surface area (Å²) >= 11 is 1.78. The van der Waals surface area contributed by atoms with E-state index in [1.807, 2.05) is 0 Å². The second-order valence-corrected chi connectivity index (χ2v) is 4.24. The van der Waals surface area contributed by atoms with Crippen LogP contribution in [-0.4, -0.2) is 12.8 Å². The molecule has 0 aliphatic heterocycles. The normalized spacial score (nSPS) is 10.1. The maximum absolute atomic E-state index is 3.42. The average molecular weight is 209 g/mol. The van der Waals surface area contributed by atoms with Crippen LogP contribution in [0.1, 0.15) is 26.2 Å². The number of hydrogen-bond donors (Lipinski definition) is 1. The molecule has 1 aromatic rings. The third-order valence-corrected chi connectivity index (χ3v) is 2.94. The highest BCUT2D eigenvalue weighted by molar-refractivity contribution is 7.98. The number of nitrogens with one attached hydrogen (secondary N) is 1. The Balaban J connectivity index is 2.29. The van der Waals surface area contributed by atoms with Crippen molar-refractivity contribution < 1.29 is 0 Å². The first kappa shape index (κ1) is 11.4. The summed E-state index contributed by atoms with van der Waals surface area (Å²) in [6.45, 7) is 3.32. The van der Waals surface area contributed by atoms with E-state index in [9.17, 15) is 0 Å². The van der Waals surface area contributed by atoms with E-state index in [0.717, 1.165) is 6.54 Å². The quantitative estimate of drug-likeness (QED) is 0.561. The highest BCUT2D eigenvalue weighted by atomic mass is 32.2. The summed E-state index contributed by atoms with van der Waals surface area (Å²) in [4.78, 5) is 1.32. The molecule has 0 aromatic heterocycles. The van der Waals surface area contributed by atoms with Gasteiger partial charge in [-0.25, -0.2) is 0 Å². The Morgan fingerprint density at radius 1 is 1.14 bits per heavy atom. The molecule has 0 atom stereocenters. The lowest BCUT2D eigenvalue weighted by Crippen LogP contribution is -2.00. The van der Waals surface area contributed by atoms with Crippen molar-refractivity contribution in [1.82, 2.24) is 0 Å². The van der Waals surface area contributed by atoms with Gasteiger partial charge < -0.3 is 5.32 Å².